The first kappa shape index (κ1) is 15.4. The van der Waals surface area contributed by atoms with Crippen molar-refractivity contribution in [3.05, 3.63) is 29.3 Å². The largest absolute Gasteiger partial charge is 0.489 e. The number of alkyl halides is 2. The van der Waals surface area contributed by atoms with Crippen molar-refractivity contribution in [2.45, 2.75) is 18.8 Å². The first-order chi connectivity index (χ1) is 9.84. The van der Waals surface area contributed by atoms with Crippen molar-refractivity contribution in [2.24, 2.45) is 0 Å². The molecule has 1 aromatic rings. The maximum atomic E-state index is 13.1. The van der Waals surface area contributed by atoms with E-state index in [2.05, 4.69) is 0 Å². The highest BCUT2D eigenvalue weighted by molar-refractivity contribution is 6.60. The maximum Gasteiger partial charge on any atom is 0.489 e. The molecule has 0 aromatic heterocycles. The van der Waals surface area contributed by atoms with Crippen LogP contribution in [0.3, 0.4) is 0 Å². The highest BCUT2D eigenvalue weighted by Gasteiger charge is 2.36. The fourth-order valence-corrected chi connectivity index (χ4v) is 2.25. The molecule has 2 N–H and O–H groups in total. The Kier molecular flexibility index (Phi) is 4.25. The number of halogens is 2. The summed E-state index contributed by atoms with van der Waals surface area (Å²) in [6.07, 6.45) is -0.821. The summed E-state index contributed by atoms with van der Waals surface area (Å²) in [5.74, 6) is -3.31. The molecule has 0 atom stereocenters. The van der Waals surface area contributed by atoms with E-state index in [9.17, 15) is 23.6 Å². The fourth-order valence-electron chi connectivity index (χ4n) is 2.25. The minimum absolute atomic E-state index is 0.00853. The molecule has 0 bridgehead atoms. The third-order valence-electron chi connectivity index (χ3n) is 3.47. The fraction of sp³-hybridized carbons (Fsp3) is 0.385. The van der Waals surface area contributed by atoms with Gasteiger partial charge in [-0.25, -0.2) is 8.78 Å². The van der Waals surface area contributed by atoms with Crippen molar-refractivity contribution < 1.29 is 23.6 Å². The first-order valence-corrected chi connectivity index (χ1v) is 6.41. The average molecular weight is 294 g/mol. The van der Waals surface area contributed by atoms with Crippen LogP contribution < -0.4 is 5.46 Å². The predicted octanol–water partition coefficient (Wildman–Crippen LogP) is 0.109. The summed E-state index contributed by atoms with van der Waals surface area (Å²) in [5.41, 5.74) is 0.0884. The topological polar surface area (TPSA) is 84.6 Å². The van der Waals surface area contributed by atoms with Crippen LogP contribution in [0.5, 0.6) is 0 Å². The molecule has 0 radical (unpaired) electrons. The second-order valence-corrected chi connectivity index (χ2v) is 4.94. The van der Waals surface area contributed by atoms with E-state index < -0.39 is 31.8 Å². The second kappa shape index (κ2) is 5.80. The molecule has 1 aliphatic rings. The molecule has 1 saturated heterocycles. The zero-order valence-corrected chi connectivity index (χ0v) is 11.1. The molecule has 0 unspecified atom stereocenters. The van der Waals surface area contributed by atoms with Crippen molar-refractivity contribution in [3.63, 3.8) is 0 Å². The molecule has 2 rings (SSSR count). The number of likely N-dealkylation sites (tertiary alicyclic amines) is 1. The molecule has 0 saturated carbocycles. The zero-order valence-electron chi connectivity index (χ0n) is 11.1. The molecule has 5 nitrogen and oxygen atoms in total. The minimum Gasteiger partial charge on any atom is -0.423 e. The number of nitriles is 1. The molecule has 110 valence electrons. The summed E-state index contributed by atoms with van der Waals surface area (Å²) in [6.45, 7) is -0.181. The number of amides is 1. The lowest BCUT2D eigenvalue weighted by Gasteiger charge is -2.32. The van der Waals surface area contributed by atoms with Crippen LogP contribution in [-0.2, 0) is 0 Å². The molecule has 0 spiro atoms. The Balaban J connectivity index is 2.26. The van der Waals surface area contributed by atoms with E-state index in [4.69, 9.17) is 5.26 Å². The molecule has 1 aliphatic heterocycles. The van der Waals surface area contributed by atoms with Crippen LogP contribution >= 0.6 is 0 Å². The zero-order chi connectivity index (χ0) is 15.6. The lowest BCUT2D eigenvalue weighted by Crippen LogP contribution is -2.45. The SMILES string of the molecule is N#Cc1ccc(C(=O)N2CCC(F)(F)CC2)c(B(O)O)c1. The molecule has 1 amide bonds. The summed E-state index contributed by atoms with van der Waals surface area (Å²) < 4.78 is 26.2. The Morgan fingerprint density at radius 2 is 1.95 bits per heavy atom. The number of benzene rings is 1. The van der Waals surface area contributed by atoms with Gasteiger partial charge in [-0.3, -0.25) is 4.79 Å². The normalized spacial score (nSPS) is 17.2. The van der Waals surface area contributed by atoms with Gasteiger partial charge in [0.05, 0.1) is 11.6 Å². The van der Waals surface area contributed by atoms with Crippen LogP contribution in [-0.4, -0.2) is 47.0 Å². The van der Waals surface area contributed by atoms with E-state index in [-0.39, 0.29) is 29.7 Å². The van der Waals surface area contributed by atoms with Gasteiger partial charge in [-0.1, -0.05) is 0 Å². The predicted molar refractivity (Wildman–Crippen MR) is 71.1 cm³/mol. The Labute approximate surface area is 120 Å². The number of hydrogen-bond donors (Lipinski definition) is 2. The number of nitrogens with zero attached hydrogens (tertiary/aromatic N) is 2. The van der Waals surface area contributed by atoms with Crippen LogP contribution in [0.1, 0.15) is 28.8 Å². The molecule has 8 heteroatoms. The van der Waals surface area contributed by atoms with Crippen molar-refractivity contribution in [1.29, 1.82) is 5.26 Å². The van der Waals surface area contributed by atoms with E-state index in [1.54, 1.807) is 0 Å². The van der Waals surface area contributed by atoms with Gasteiger partial charge in [0, 0.05) is 31.5 Å². The van der Waals surface area contributed by atoms with Crippen LogP contribution in [0.25, 0.3) is 0 Å². The highest BCUT2D eigenvalue weighted by Crippen LogP contribution is 2.28. The summed E-state index contributed by atoms with van der Waals surface area (Å²) in [5, 5.41) is 27.4. The molecular formula is C13H13BF2N2O3. The van der Waals surface area contributed by atoms with Crippen LogP contribution in [0.15, 0.2) is 18.2 Å². The van der Waals surface area contributed by atoms with Gasteiger partial charge < -0.3 is 14.9 Å². The Morgan fingerprint density at radius 1 is 1.33 bits per heavy atom. The molecular weight excluding hydrogens is 281 g/mol. The third-order valence-corrected chi connectivity index (χ3v) is 3.47. The van der Waals surface area contributed by atoms with Gasteiger partial charge in [-0.2, -0.15) is 5.26 Å². The first-order valence-electron chi connectivity index (χ1n) is 6.41. The van der Waals surface area contributed by atoms with Crippen molar-refractivity contribution in [2.75, 3.05) is 13.1 Å². The van der Waals surface area contributed by atoms with Crippen molar-refractivity contribution in [3.8, 4) is 6.07 Å². The summed E-state index contributed by atoms with van der Waals surface area (Å²) >= 11 is 0. The monoisotopic (exact) mass is 294 g/mol. The molecule has 21 heavy (non-hydrogen) atoms. The van der Waals surface area contributed by atoms with Crippen LogP contribution in [0.2, 0.25) is 0 Å². The van der Waals surface area contributed by atoms with Gasteiger partial charge in [0.1, 0.15) is 0 Å². The van der Waals surface area contributed by atoms with Gasteiger partial charge >= 0.3 is 7.12 Å². The van der Waals surface area contributed by atoms with E-state index >= 15 is 0 Å². The quantitative estimate of drug-likeness (QED) is 0.758. The van der Waals surface area contributed by atoms with E-state index in [0.717, 1.165) is 0 Å². The lowest BCUT2D eigenvalue weighted by molar-refractivity contribution is -0.0494. The van der Waals surface area contributed by atoms with Gasteiger partial charge in [-0.15, -0.1) is 0 Å². The van der Waals surface area contributed by atoms with Gasteiger partial charge in [0.15, 0.2) is 0 Å². The molecule has 1 fully saturated rings. The number of carbonyl (C=O) groups excluding carboxylic acids is 1. The average Bonchev–Trinajstić information content (AvgIpc) is 2.45. The molecule has 0 aliphatic carbocycles. The second-order valence-electron chi connectivity index (χ2n) is 4.94. The highest BCUT2D eigenvalue weighted by atomic mass is 19.3. The number of rotatable bonds is 2. The standard InChI is InChI=1S/C13H13BF2N2O3/c15-13(16)3-5-18(6-4-13)12(19)10-2-1-9(8-17)7-11(10)14(20)21/h1-2,7,20-21H,3-6H2. The van der Waals surface area contributed by atoms with E-state index in [1.807, 2.05) is 6.07 Å². The summed E-state index contributed by atoms with van der Waals surface area (Å²) in [4.78, 5) is 13.6. The molecule has 1 aromatic carbocycles. The smallest absolute Gasteiger partial charge is 0.423 e. The summed E-state index contributed by atoms with van der Waals surface area (Å²) in [6, 6.07) is 5.72. The van der Waals surface area contributed by atoms with Crippen molar-refractivity contribution >= 4 is 18.5 Å². The minimum atomic E-state index is -2.76. The number of piperidine rings is 1. The molecule has 1 heterocycles. The Morgan fingerprint density at radius 3 is 2.48 bits per heavy atom. The van der Waals surface area contributed by atoms with Gasteiger partial charge in [-0.05, 0) is 23.7 Å². The van der Waals surface area contributed by atoms with E-state index in [0.29, 0.717) is 0 Å². The van der Waals surface area contributed by atoms with Gasteiger partial charge in [0.25, 0.3) is 11.8 Å². The lowest BCUT2D eigenvalue weighted by atomic mass is 9.76. The van der Waals surface area contributed by atoms with Crippen LogP contribution in [0, 0.1) is 11.3 Å². The Hall–Kier alpha value is -1.98. The Bertz CT molecular complexity index is 592. The van der Waals surface area contributed by atoms with Crippen molar-refractivity contribution in [1.82, 2.24) is 4.90 Å². The summed E-state index contributed by atoms with van der Waals surface area (Å²) in [7, 11) is -1.91. The van der Waals surface area contributed by atoms with E-state index in [1.165, 1.54) is 23.1 Å². The number of hydrogen-bond acceptors (Lipinski definition) is 4. The third kappa shape index (κ3) is 3.38. The maximum absolute atomic E-state index is 13.1. The van der Waals surface area contributed by atoms with Crippen LogP contribution in [0.4, 0.5) is 8.78 Å². The number of carbonyl (C=O) groups is 1. The van der Waals surface area contributed by atoms with Gasteiger partial charge in [0.2, 0.25) is 0 Å².